The summed E-state index contributed by atoms with van der Waals surface area (Å²) in [5.41, 5.74) is 0. The average molecular weight is 626 g/mol. The molecule has 0 aliphatic rings. The molecule has 254 valence electrons. The lowest BCUT2D eigenvalue weighted by atomic mass is 10.0. The van der Waals surface area contributed by atoms with Crippen LogP contribution in [0.15, 0.2) is 12.2 Å². The normalized spacial score (nSPS) is 12.5. The molecule has 0 spiro atoms. The number of nitrogens with zero attached hydrogens (tertiary/aromatic N) is 1. The maximum Gasteiger partial charge on any atom is 0.329 e. The van der Waals surface area contributed by atoms with E-state index >= 15 is 0 Å². The number of hydrogen-bond acceptors (Lipinski definition) is 3. The van der Waals surface area contributed by atoms with Crippen LogP contribution in [0.3, 0.4) is 0 Å². The minimum atomic E-state index is -1.11. The molecule has 0 rings (SSSR count). The zero-order chi connectivity index (χ0) is 31.6. The molecule has 43 heavy (non-hydrogen) atoms. The number of carbonyl (C=O) groups excluding carboxylic acids is 1. The van der Waals surface area contributed by atoms with Gasteiger partial charge in [-0.1, -0.05) is 161 Å². The molecule has 1 amide bonds. The number of aliphatic hydroxyl groups excluding tert-OH is 1. The van der Waals surface area contributed by atoms with Gasteiger partial charge in [0.15, 0.2) is 6.04 Å². The van der Waals surface area contributed by atoms with E-state index in [1.54, 1.807) is 0 Å². The average Bonchev–Trinajstić information content (AvgIpc) is 3.00. The summed E-state index contributed by atoms with van der Waals surface area (Å²) in [6.07, 6.45) is 39.9. The van der Waals surface area contributed by atoms with Crippen LogP contribution in [-0.4, -0.2) is 45.6 Å². The first-order valence-corrected chi connectivity index (χ1v) is 19.8. The minimum Gasteiger partial charge on any atom is -0.480 e. The molecule has 0 bridgehead atoms. The van der Waals surface area contributed by atoms with E-state index < -0.39 is 18.6 Å². The number of carboxylic acids is 1. The molecule has 2 N–H and O–H groups in total. The summed E-state index contributed by atoms with van der Waals surface area (Å²) in [6.45, 7) is 4.01. The molecule has 0 saturated heterocycles. The van der Waals surface area contributed by atoms with Gasteiger partial charge >= 0.3 is 5.97 Å². The van der Waals surface area contributed by atoms with E-state index in [9.17, 15) is 19.8 Å². The van der Waals surface area contributed by atoms with Crippen molar-refractivity contribution < 1.29 is 19.8 Å². The van der Waals surface area contributed by atoms with Crippen LogP contribution in [-0.2, 0) is 9.59 Å². The van der Waals surface area contributed by atoms with Gasteiger partial charge in [0, 0.05) is 6.42 Å². The second-order valence-electron chi connectivity index (χ2n) is 12.6. The Labute approximate surface area is 269 Å². The summed E-state index contributed by atoms with van der Waals surface area (Å²) in [5.74, 6) is -1.21. The number of aliphatic hydroxyl groups is 1. The number of carbonyl (C=O) groups is 2. The molecule has 0 heterocycles. The van der Waals surface area contributed by atoms with Crippen LogP contribution in [0.1, 0.15) is 194 Å². The van der Waals surface area contributed by atoms with Crippen LogP contribution >= 0.6 is 8.73 Å². The molecular weight excluding hydrogens is 553 g/mol. The second kappa shape index (κ2) is 34.0. The van der Waals surface area contributed by atoms with Gasteiger partial charge in [0.2, 0.25) is 5.91 Å². The van der Waals surface area contributed by atoms with Gasteiger partial charge in [0.1, 0.15) is 0 Å². The number of aliphatic carboxylic acids is 1. The van der Waals surface area contributed by atoms with E-state index in [4.69, 9.17) is 0 Å². The Morgan fingerprint density at radius 2 is 0.953 bits per heavy atom. The number of allylic oxidation sites excluding steroid dienone is 2. The topological polar surface area (TPSA) is 77.8 Å². The summed E-state index contributed by atoms with van der Waals surface area (Å²) >= 11 is 0. The van der Waals surface area contributed by atoms with Gasteiger partial charge in [-0.05, 0) is 53.4 Å². The van der Waals surface area contributed by atoms with Crippen molar-refractivity contribution in [3.05, 3.63) is 12.2 Å². The third kappa shape index (κ3) is 28.3. The Hall–Kier alpha value is -0.930. The molecule has 2 atom stereocenters. The monoisotopic (exact) mass is 626 g/mol. The van der Waals surface area contributed by atoms with E-state index in [1.165, 1.54) is 146 Å². The van der Waals surface area contributed by atoms with Crippen molar-refractivity contribution in [3.63, 3.8) is 0 Å². The lowest BCUT2D eigenvalue weighted by molar-refractivity contribution is -0.147. The smallest absolute Gasteiger partial charge is 0.329 e. The maximum absolute atomic E-state index is 12.9. The van der Waals surface area contributed by atoms with Gasteiger partial charge < -0.3 is 14.9 Å². The number of hydrogen-bond donors (Lipinski definition) is 2. The molecule has 0 radical (unpaired) electrons. The van der Waals surface area contributed by atoms with Gasteiger partial charge in [-0.2, -0.15) is 0 Å². The van der Waals surface area contributed by atoms with E-state index in [-0.39, 0.29) is 14.6 Å². The van der Waals surface area contributed by atoms with E-state index in [2.05, 4.69) is 26.0 Å². The molecule has 0 saturated carbocycles. The number of carboxylic acid groups (broad SMARTS) is 1. The van der Waals surface area contributed by atoms with Crippen molar-refractivity contribution in [3.8, 4) is 0 Å². The molecule has 0 aromatic heterocycles. The van der Waals surface area contributed by atoms with Gasteiger partial charge in [0.05, 0.1) is 6.61 Å². The molecule has 0 aliphatic carbocycles. The lowest BCUT2D eigenvalue weighted by Gasteiger charge is -2.27. The Kier molecular flexibility index (Phi) is 33.2. The molecule has 0 aliphatic heterocycles. The Balaban J connectivity index is 3.91. The summed E-state index contributed by atoms with van der Waals surface area (Å²) in [5, 5.41) is 19.2. The summed E-state index contributed by atoms with van der Waals surface area (Å²) in [6, 6.07) is -1.11. The summed E-state index contributed by atoms with van der Waals surface area (Å²) < 4.78 is 1.46. The summed E-state index contributed by atoms with van der Waals surface area (Å²) in [7, 11) is 0.140. The molecule has 0 aromatic rings. The molecule has 6 heteroatoms. The highest BCUT2D eigenvalue weighted by Crippen LogP contribution is 2.26. The Morgan fingerprint density at radius 3 is 1.35 bits per heavy atom. The predicted molar refractivity (Wildman–Crippen MR) is 188 cm³/mol. The van der Waals surface area contributed by atoms with Crippen LogP contribution in [0.5, 0.6) is 0 Å². The fourth-order valence-corrected chi connectivity index (χ4v) is 6.98. The molecule has 5 nitrogen and oxygen atoms in total. The zero-order valence-electron chi connectivity index (χ0n) is 28.6. The van der Waals surface area contributed by atoms with Crippen molar-refractivity contribution in [1.29, 1.82) is 0 Å². The van der Waals surface area contributed by atoms with Gasteiger partial charge in [-0.15, -0.1) is 0 Å². The van der Waals surface area contributed by atoms with Crippen molar-refractivity contribution >= 4 is 20.6 Å². The Bertz CT molecular complexity index is 642. The van der Waals surface area contributed by atoms with Crippen LogP contribution in [0, 0.1) is 0 Å². The number of unbranched alkanes of at least 4 members (excludes halogenated alkanes) is 24. The van der Waals surface area contributed by atoms with Gasteiger partial charge in [0.25, 0.3) is 0 Å². The van der Waals surface area contributed by atoms with E-state index in [0.717, 1.165) is 38.3 Å². The summed E-state index contributed by atoms with van der Waals surface area (Å²) in [4.78, 5) is 24.6. The molecule has 2 unspecified atom stereocenters. The highest BCUT2D eigenvalue weighted by atomic mass is 31.1. The van der Waals surface area contributed by atoms with Crippen LogP contribution < -0.4 is 0 Å². The van der Waals surface area contributed by atoms with Gasteiger partial charge in [-0.3, -0.25) is 4.79 Å². The highest BCUT2D eigenvalue weighted by Gasteiger charge is 2.28. The molecular formula is C37H72NO4P. The van der Waals surface area contributed by atoms with E-state index in [0.29, 0.717) is 6.42 Å². The van der Waals surface area contributed by atoms with Gasteiger partial charge in [-0.25, -0.2) is 4.79 Å². The quantitative estimate of drug-likeness (QED) is 0.0424. The fraction of sp³-hybridized carbons (Fsp3) is 0.892. The van der Waals surface area contributed by atoms with Crippen molar-refractivity contribution in [2.24, 2.45) is 0 Å². The number of amides is 1. The lowest BCUT2D eigenvalue weighted by Crippen LogP contribution is -2.42. The third-order valence-electron chi connectivity index (χ3n) is 8.50. The maximum atomic E-state index is 12.9. The number of rotatable bonds is 34. The SMILES string of the molecule is CCCCCCCC/C=C\CCCCCCCCPN(C(=O)CCCCCCCCCCCCCCC)C(CO)C(=O)O. The molecule has 0 aromatic carbocycles. The van der Waals surface area contributed by atoms with Crippen molar-refractivity contribution in [1.82, 2.24) is 4.67 Å². The zero-order valence-corrected chi connectivity index (χ0v) is 29.6. The van der Waals surface area contributed by atoms with Crippen molar-refractivity contribution in [2.45, 2.75) is 200 Å². The Morgan fingerprint density at radius 1 is 0.581 bits per heavy atom. The minimum absolute atomic E-state index is 0.104. The molecule has 0 fully saturated rings. The van der Waals surface area contributed by atoms with Crippen molar-refractivity contribution in [2.75, 3.05) is 12.8 Å². The first-order chi connectivity index (χ1) is 21.1. The second-order valence-corrected chi connectivity index (χ2v) is 13.9. The fourth-order valence-electron chi connectivity index (χ4n) is 5.63. The largest absolute Gasteiger partial charge is 0.480 e. The van der Waals surface area contributed by atoms with Crippen LogP contribution in [0.4, 0.5) is 0 Å². The van der Waals surface area contributed by atoms with Crippen LogP contribution in [0.2, 0.25) is 0 Å². The van der Waals surface area contributed by atoms with Crippen LogP contribution in [0.25, 0.3) is 0 Å². The van der Waals surface area contributed by atoms with E-state index in [1.807, 2.05) is 0 Å². The first kappa shape index (κ1) is 42.1. The standard InChI is InChI=1S/C37H72NO4P/c1-3-5-7-9-11-13-15-17-18-19-21-23-25-27-29-31-33-43-38(35(34-39)37(41)42)36(40)32-30-28-26-24-22-20-16-14-12-10-8-6-4-2/h17-18,35,39,43H,3-16,19-34H2,1-2H3,(H,41,42)/b18-17-. The highest BCUT2D eigenvalue weighted by molar-refractivity contribution is 7.36. The predicted octanol–water partition coefficient (Wildman–Crippen LogP) is 11.4. The first-order valence-electron chi connectivity index (χ1n) is 18.6. The third-order valence-corrected chi connectivity index (χ3v) is 9.98.